The Balaban J connectivity index is 1.68. The third kappa shape index (κ3) is 5.80. The van der Waals surface area contributed by atoms with Gasteiger partial charge < -0.3 is 9.47 Å². The van der Waals surface area contributed by atoms with Crippen LogP contribution in [0.25, 0.3) is 0 Å². The third-order valence-electron chi connectivity index (χ3n) is 5.88. The molecule has 2 heterocycles. The average Bonchev–Trinajstić information content (AvgIpc) is 2.78. The number of aryl methyl sites for hydroxylation is 1. The zero-order valence-corrected chi connectivity index (χ0v) is 17.8. The zero-order valence-electron chi connectivity index (χ0n) is 17.8. The lowest BCUT2D eigenvalue weighted by Gasteiger charge is -2.25. The van der Waals surface area contributed by atoms with Crippen molar-refractivity contribution in [3.63, 3.8) is 0 Å². The highest BCUT2D eigenvalue weighted by molar-refractivity contribution is 5.93. The molecule has 1 fully saturated rings. The molecule has 1 aliphatic rings. The Hall–Kier alpha value is -2.40. The predicted octanol–water partition coefficient (Wildman–Crippen LogP) is 3.60. The number of amides is 1. The predicted molar refractivity (Wildman–Crippen MR) is 117 cm³/mol. The van der Waals surface area contributed by atoms with Crippen molar-refractivity contribution in [3.8, 4) is 0 Å². The van der Waals surface area contributed by atoms with Crippen molar-refractivity contribution in [1.29, 1.82) is 0 Å². The maximum atomic E-state index is 13.1. The molecule has 0 aliphatic carbocycles. The molecule has 1 aliphatic heterocycles. The SMILES string of the molecule is Cc1ccc(C(=O)N2CCCCCCN(Cc3ccccc3)CCC2)c(=O)n1C. The summed E-state index contributed by atoms with van der Waals surface area (Å²) in [6.45, 7) is 6.32. The Morgan fingerprint density at radius 3 is 2.28 bits per heavy atom. The minimum Gasteiger partial charge on any atom is -0.338 e. The van der Waals surface area contributed by atoms with E-state index in [1.807, 2.05) is 17.9 Å². The number of pyridine rings is 1. The van der Waals surface area contributed by atoms with E-state index in [2.05, 4.69) is 35.2 Å². The summed E-state index contributed by atoms with van der Waals surface area (Å²) in [6, 6.07) is 14.1. The largest absolute Gasteiger partial charge is 0.338 e. The van der Waals surface area contributed by atoms with Crippen LogP contribution in [0.3, 0.4) is 0 Å². The van der Waals surface area contributed by atoms with Crippen LogP contribution in [0.5, 0.6) is 0 Å². The summed E-state index contributed by atoms with van der Waals surface area (Å²) < 4.78 is 1.56. The molecule has 0 spiro atoms. The standard InChI is InChI=1S/C24H33N3O2/c1-20-13-14-22(23(28)25(20)2)24(29)27-17-9-4-3-8-15-26(16-10-18-27)19-21-11-6-5-7-12-21/h5-7,11-14H,3-4,8-10,15-19H2,1-2H3. The molecule has 0 atom stereocenters. The first-order valence-electron chi connectivity index (χ1n) is 10.8. The fraction of sp³-hybridized carbons (Fsp3) is 0.500. The molecule has 5 nitrogen and oxygen atoms in total. The first kappa shape index (κ1) is 21.3. The van der Waals surface area contributed by atoms with E-state index in [0.717, 1.165) is 51.1 Å². The second kappa shape index (κ2) is 10.4. The second-order valence-electron chi connectivity index (χ2n) is 8.07. The molecular weight excluding hydrogens is 362 g/mol. The minimum absolute atomic E-state index is 0.126. The molecule has 1 aromatic heterocycles. The molecule has 0 saturated carbocycles. The summed E-state index contributed by atoms with van der Waals surface area (Å²) in [6.07, 6.45) is 5.41. The van der Waals surface area contributed by atoms with Gasteiger partial charge in [0.1, 0.15) is 5.56 Å². The van der Waals surface area contributed by atoms with Gasteiger partial charge in [-0.05, 0) is 50.4 Å². The smallest absolute Gasteiger partial charge is 0.263 e. The van der Waals surface area contributed by atoms with Crippen LogP contribution >= 0.6 is 0 Å². The van der Waals surface area contributed by atoms with Crippen LogP contribution in [0.4, 0.5) is 0 Å². The molecule has 29 heavy (non-hydrogen) atoms. The van der Waals surface area contributed by atoms with E-state index in [4.69, 9.17) is 0 Å². The number of carbonyl (C=O) groups excluding carboxylic acids is 1. The van der Waals surface area contributed by atoms with E-state index >= 15 is 0 Å². The maximum Gasteiger partial charge on any atom is 0.263 e. The summed E-state index contributed by atoms with van der Waals surface area (Å²) in [7, 11) is 1.72. The summed E-state index contributed by atoms with van der Waals surface area (Å²) in [5.41, 5.74) is 2.28. The third-order valence-corrected chi connectivity index (χ3v) is 5.88. The van der Waals surface area contributed by atoms with Crippen LogP contribution in [0.15, 0.2) is 47.3 Å². The van der Waals surface area contributed by atoms with Crippen LogP contribution in [-0.4, -0.2) is 46.5 Å². The van der Waals surface area contributed by atoms with Crippen LogP contribution in [0.1, 0.15) is 53.7 Å². The van der Waals surface area contributed by atoms with Crippen LogP contribution < -0.4 is 5.56 Å². The molecule has 156 valence electrons. The van der Waals surface area contributed by atoms with E-state index in [9.17, 15) is 9.59 Å². The lowest BCUT2D eigenvalue weighted by atomic mass is 10.1. The number of rotatable bonds is 3. The quantitative estimate of drug-likeness (QED) is 0.798. The van der Waals surface area contributed by atoms with Gasteiger partial charge in [-0.2, -0.15) is 0 Å². The molecule has 1 saturated heterocycles. The average molecular weight is 396 g/mol. The van der Waals surface area contributed by atoms with Gasteiger partial charge in [0.2, 0.25) is 0 Å². The molecule has 5 heteroatoms. The van der Waals surface area contributed by atoms with Gasteiger partial charge in [0.05, 0.1) is 0 Å². The lowest BCUT2D eigenvalue weighted by molar-refractivity contribution is 0.0743. The molecule has 1 aromatic carbocycles. The Kier molecular flexibility index (Phi) is 7.64. The van der Waals surface area contributed by atoms with E-state index in [0.29, 0.717) is 6.54 Å². The van der Waals surface area contributed by atoms with Gasteiger partial charge >= 0.3 is 0 Å². The summed E-state index contributed by atoms with van der Waals surface area (Å²) in [4.78, 5) is 30.1. The molecule has 3 rings (SSSR count). The number of hydrogen-bond acceptors (Lipinski definition) is 3. The number of aromatic nitrogens is 1. The maximum absolute atomic E-state index is 13.1. The Morgan fingerprint density at radius 1 is 0.862 bits per heavy atom. The fourth-order valence-electron chi connectivity index (χ4n) is 3.96. The Morgan fingerprint density at radius 2 is 1.52 bits per heavy atom. The molecular formula is C24H33N3O2. The Bertz CT molecular complexity index is 860. The van der Waals surface area contributed by atoms with Gasteiger partial charge in [0.25, 0.3) is 11.5 Å². The Labute approximate surface area is 173 Å². The minimum atomic E-state index is -0.199. The van der Waals surface area contributed by atoms with Crippen molar-refractivity contribution in [2.75, 3.05) is 26.2 Å². The van der Waals surface area contributed by atoms with Crippen LogP contribution in [0.2, 0.25) is 0 Å². The lowest BCUT2D eigenvalue weighted by Crippen LogP contribution is -2.38. The number of carbonyl (C=O) groups is 1. The monoisotopic (exact) mass is 395 g/mol. The van der Waals surface area contributed by atoms with Gasteiger partial charge in [-0.3, -0.25) is 14.5 Å². The van der Waals surface area contributed by atoms with Gasteiger partial charge in [-0.1, -0.05) is 43.2 Å². The highest BCUT2D eigenvalue weighted by atomic mass is 16.2. The first-order chi connectivity index (χ1) is 14.1. The van der Waals surface area contributed by atoms with E-state index in [-0.39, 0.29) is 17.0 Å². The van der Waals surface area contributed by atoms with Gasteiger partial charge in [-0.25, -0.2) is 0 Å². The van der Waals surface area contributed by atoms with E-state index < -0.39 is 0 Å². The van der Waals surface area contributed by atoms with Crippen molar-refractivity contribution in [2.45, 2.75) is 45.6 Å². The zero-order chi connectivity index (χ0) is 20.6. The second-order valence-corrected chi connectivity index (χ2v) is 8.07. The van der Waals surface area contributed by atoms with Crippen molar-refractivity contribution in [1.82, 2.24) is 14.4 Å². The van der Waals surface area contributed by atoms with Crippen LogP contribution in [0, 0.1) is 6.92 Å². The van der Waals surface area contributed by atoms with Crippen molar-refractivity contribution >= 4 is 5.91 Å². The van der Waals surface area contributed by atoms with Gasteiger partial charge in [0.15, 0.2) is 0 Å². The van der Waals surface area contributed by atoms with E-state index in [1.165, 1.54) is 18.4 Å². The normalized spacial score (nSPS) is 17.0. The van der Waals surface area contributed by atoms with E-state index in [1.54, 1.807) is 17.7 Å². The summed E-state index contributed by atoms with van der Waals surface area (Å²) >= 11 is 0. The highest BCUT2D eigenvalue weighted by Gasteiger charge is 2.20. The number of benzene rings is 1. The highest BCUT2D eigenvalue weighted by Crippen LogP contribution is 2.12. The van der Waals surface area contributed by atoms with Gasteiger partial charge in [0, 0.05) is 38.9 Å². The number of hydrogen-bond donors (Lipinski definition) is 0. The fourth-order valence-corrected chi connectivity index (χ4v) is 3.96. The molecule has 0 bridgehead atoms. The number of nitrogens with zero attached hydrogens (tertiary/aromatic N) is 3. The van der Waals surface area contributed by atoms with Crippen molar-refractivity contribution in [3.05, 3.63) is 69.6 Å². The van der Waals surface area contributed by atoms with Crippen molar-refractivity contribution < 1.29 is 4.79 Å². The topological polar surface area (TPSA) is 45.6 Å². The first-order valence-corrected chi connectivity index (χ1v) is 10.8. The summed E-state index contributed by atoms with van der Waals surface area (Å²) in [5.74, 6) is -0.126. The molecule has 0 radical (unpaired) electrons. The molecule has 2 aromatic rings. The molecule has 0 N–H and O–H groups in total. The summed E-state index contributed by atoms with van der Waals surface area (Å²) in [5, 5.41) is 0. The van der Waals surface area contributed by atoms with Gasteiger partial charge in [-0.15, -0.1) is 0 Å². The molecule has 1 amide bonds. The van der Waals surface area contributed by atoms with Crippen molar-refractivity contribution in [2.24, 2.45) is 7.05 Å². The van der Waals surface area contributed by atoms with Crippen LogP contribution in [-0.2, 0) is 13.6 Å². The molecule has 0 unspecified atom stereocenters.